The predicted molar refractivity (Wildman–Crippen MR) is 115 cm³/mol. The third kappa shape index (κ3) is 5.89. The smallest absolute Gasteiger partial charge is 0.408 e. The van der Waals surface area contributed by atoms with Gasteiger partial charge in [-0.2, -0.15) is 0 Å². The molecule has 7 heteroatoms. The summed E-state index contributed by atoms with van der Waals surface area (Å²) in [6, 6.07) is 14.1. The second-order valence-electron chi connectivity index (χ2n) is 7.40. The van der Waals surface area contributed by atoms with Crippen molar-refractivity contribution >= 4 is 29.0 Å². The van der Waals surface area contributed by atoms with Gasteiger partial charge in [0.2, 0.25) is 0 Å². The average molecular weight is 410 g/mol. The van der Waals surface area contributed by atoms with Gasteiger partial charge >= 0.3 is 6.09 Å². The van der Waals surface area contributed by atoms with Crippen LogP contribution < -0.4 is 10.6 Å². The minimum atomic E-state index is -0.843. The van der Waals surface area contributed by atoms with Crippen LogP contribution in [0.15, 0.2) is 66.3 Å². The van der Waals surface area contributed by atoms with Crippen molar-refractivity contribution in [2.75, 3.05) is 5.32 Å². The zero-order valence-corrected chi connectivity index (χ0v) is 17.3. The fourth-order valence-electron chi connectivity index (χ4n) is 2.65. The predicted octanol–water partition coefficient (Wildman–Crippen LogP) is 5.01. The lowest BCUT2D eigenvalue weighted by Crippen LogP contribution is -2.39. The number of benzene rings is 1. The van der Waals surface area contributed by atoms with Gasteiger partial charge in [-0.25, -0.2) is 4.79 Å². The number of alkyl carbamates (subject to hydrolysis) is 1. The Morgan fingerprint density at radius 2 is 1.66 bits per heavy atom. The number of nitrogens with one attached hydrogen (secondary N) is 2. The fourth-order valence-corrected chi connectivity index (χ4v) is 3.43. The van der Waals surface area contributed by atoms with Gasteiger partial charge in [-0.05, 0) is 67.6 Å². The topological polar surface area (TPSA) is 80.3 Å². The highest BCUT2D eigenvalue weighted by molar-refractivity contribution is 7.10. The Labute approximate surface area is 173 Å². The molecule has 0 unspecified atom stereocenters. The van der Waals surface area contributed by atoms with E-state index in [0.717, 1.165) is 16.0 Å². The van der Waals surface area contributed by atoms with E-state index in [1.165, 1.54) is 11.3 Å². The van der Waals surface area contributed by atoms with Gasteiger partial charge in [0.15, 0.2) is 0 Å². The molecule has 2 N–H and O–H groups in total. The monoisotopic (exact) mass is 409 g/mol. The number of aromatic nitrogens is 1. The summed E-state index contributed by atoms with van der Waals surface area (Å²) in [5.74, 6) is -0.338. The van der Waals surface area contributed by atoms with Crippen molar-refractivity contribution in [3.8, 4) is 11.1 Å². The highest BCUT2D eigenvalue weighted by atomic mass is 32.1. The molecule has 1 atom stereocenters. The van der Waals surface area contributed by atoms with Crippen LogP contribution >= 0.6 is 11.3 Å². The molecule has 1 aromatic carbocycles. The maximum Gasteiger partial charge on any atom is 0.408 e. The first-order chi connectivity index (χ1) is 13.8. The van der Waals surface area contributed by atoms with Crippen molar-refractivity contribution in [1.82, 2.24) is 10.3 Å². The van der Waals surface area contributed by atoms with Crippen molar-refractivity contribution in [1.29, 1.82) is 0 Å². The minimum Gasteiger partial charge on any atom is -0.444 e. The lowest BCUT2D eigenvalue weighted by molar-refractivity contribution is -0.118. The highest BCUT2D eigenvalue weighted by Gasteiger charge is 2.26. The standard InChI is InChI=1S/C22H23N3O3S/c1-22(2,3)28-21(27)25-19(18-5-4-14-29-18)20(26)24-17-8-6-15(7-9-17)16-10-12-23-13-11-16/h4-14,19H,1-3H3,(H,24,26)(H,25,27)/t19-/m1/s1. The molecule has 3 rings (SSSR count). The van der Waals surface area contributed by atoms with Crippen LogP contribution in [0.2, 0.25) is 0 Å². The van der Waals surface area contributed by atoms with Crippen LogP contribution in [0.5, 0.6) is 0 Å². The Morgan fingerprint density at radius 1 is 1.00 bits per heavy atom. The number of carbonyl (C=O) groups is 2. The first kappa shape index (κ1) is 20.5. The average Bonchev–Trinajstić information content (AvgIpc) is 3.20. The summed E-state index contributed by atoms with van der Waals surface area (Å²) in [6.45, 7) is 5.32. The van der Waals surface area contributed by atoms with Crippen LogP contribution in [0, 0.1) is 0 Å². The van der Waals surface area contributed by atoms with Gasteiger partial charge in [-0.1, -0.05) is 18.2 Å². The minimum absolute atomic E-state index is 0.338. The lowest BCUT2D eigenvalue weighted by Gasteiger charge is -2.23. The van der Waals surface area contributed by atoms with Crippen LogP contribution in [0.4, 0.5) is 10.5 Å². The first-order valence-corrected chi connectivity index (χ1v) is 10.0. The number of hydrogen-bond acceptors (Lipinski definition) is 5. The number of ether oxygens (including phenoxy) is 1. The largest absolute Gasteiger partial charge is 0.444 e. The van der Waals surface area contributed by atoms with Crippen molar-refractivity contribution in [2.45, 2.75) is 32.4 Å². The van der Waals surface area contributed by atoms with Gasteiger partial charge in [0, 0.05) is 23.0 Å². The van der Waals surface area contributed by atoms with E-state index >= 15 is 0 Å². The number of carbonyl (C=O) groups excluding carboxylic acids is 2. The molecule has 0 saturated heterocycles. The number of hydrogen-bond donors (Lipinski definition) is 2. The summed E-state index contributed by atoms with van der Waals surface area (Å²) in [4.78, 5) is 29.8. The van der Waals surface area contributed by atoms with Crippen molar-refractivity contribution < 1.29 is 14.3 Å². The zero-order valence-electron chi connectivity index (χ0n) is 16.5. The Morgan fingerprint density at radius 3 is 2.24 bits per heavy atom. The number of nitrogens with zero attached hydrogens (tertiary/aromatic N) is 1. The molecule has 3 aromatic rings. The number of amides is 2. The van der Waals surface area contributed by atoms with Gasteiger partial charge in [-0.3, -0.25) is 9.78 Å². The van der Waals surface area contributed by atoms with E-state index in [-0.39, 0.29) is 5.91 Å². The van der Waals surface area contributed by atoms with Crippen molar-refractivity contribution in [2.24, 2.45) is 0 Å². The van der Waals surface area contributed by atoms with E-state index in [2.05, 4.69) is 15.6 Å². The van der Waals surface area contributed by atoms with Crippen LogP contribution in [-0.4, -0.2) is 22.6 Å². The van der Waals surface area contributed by atoms with E-state index in [1.54, 1.807) is 39.2 Å². The van der Waals surface area contributed by atoms with E-state index < -0.39 is 17.7 Å². The van der Waals surface area contributed by atoms with Gasteiger partial charge in [0.1, 0.15) is 11.6 Å². The van der Waals surface area contributed by atoms with Gasteiger partial charge in [0.05, 0.1) is 0 Å². The van der Waals surface area contributed by atoms with Crippen molar-refractivity contribution in [3.63, 3.8) is 0 Å². The summed E-state index contributed by atoms with van der Waals surface area (Å²) in [6.07, 6.45) is 2.83. The summed E-state index contributed by atoms with van der Waals surface area (Å²) in [5, 5.41) is 7.38. The number of rotatable bonds is 5. The van der Waals surface area contributed by atoms with Gasteiger partial charge < -0.3 is 15.4 Å². The van der Waals surface area contributed by atoms with Gasteiger partial charge in [0.25, 0.3) is 5.91 Å². The molecule has 2 aromatic heterocycles. The summed E-state index contributed by atoms with van der Waals surface area (Å²) < 4.78 is 5.30. The zero-order chi connectivity index (χ0) is 20.9. The quantitative estimate of drug-likeness (QED) is 0.620. The third-order valence-electron chi connectivity index (χ3n) is 3.92. The van der Waals surface area contributed by atoms with Crippen molar-refractivity contribution in [3.05, 3.63) is 71.2 Å². The second-order valence-corrected chi connectivity index (χ2v) is 8.38. The maximum atomic E-state index is 12.9. The SMILES string of the molecule is CC(C)(C)OC(=O)N[C@@H](C(=O)Nc1ccc(-c2ccncc2)cc1)c1cccs1. The molecule has 0 aliphatic carbocycles. The molecule has 0 spiro atoms. The first-order valence-electron chi connectivity index (χ1n) is 9.16. The third-order valence-corrected chi connectivity index (χ3v) is 4.85. The molecule has 0 bridgehead atoms. The van der Waals surface area contributed by atoms with Crippen LogP contribution in [0.25, 0.3) is 11.1 Å². The molecule has 2 amide bonds. The molecule has 0 fully saturated rings. The van der Waals surface area contributed by atoms with E-state index in [4.69, 9.17) is 4.74 Å². The number of anilines is 1. The molecule has 150 valence electrons. The van der Waals surface area contributed by atoms with Crippen LogP contribution in [-0.2, 0) is 9.53 Å². The second kappa shape index (κ2) is 8.87. The molecule has 0 aliphatic heterocycles. The normalized spacial score (nSPS) is 12.1. The van der Waals surface area contributed by atoms with E-state index in [9.17, 15) is 9.59 Å². The molecule has 0 saturated carbocycles. The maximum absolute atomic E-state index is 12.9. The molecular formula is C22H23N3O3S. The van der Waals surface area contributed by atoms with Crippen LogP contribution in [0.3, 0.4) is 0 Å². The summed E-state index contributed by atoms with van der Waals surface area (Å²) in [5.41, 5.74) is 2.05. The molecule has 29 heavy (non-hydrogen) atoms. The molecular weight excluding hydrogens is 386 g/mol. The number of thiophene rings is 1. The Hall–Kier alpha value is -3.19. The van der Waals surface area contributed by atoms with Gasteiger partial charge in [-0.15, -0.1) is 11.3 Å². The molecule has 2 heterocycles. The molecule has 6 nitrogen and oxygen atoms in total. The molecule has 0 radical (unpaired) electrons. The Bertz CT molecular complexity index is 949. The van der Waals surface area contributed by atoms with E-state index in [1.807, 2.05) is 47.8 Å². The molecule has 0 aliphatic rings. The van der Waals surface area contributed by atoms with Crippen LogP contribution in [0.1, 0.15) is 31.7 Å². The number of pyridine rings is 1. The Balaban J connectivity index is 1.72. The Kier molecular flexibility index (Phi) is 6.29. The lowest BCUT2D eigenvalue weighted by atomic mass is 10.1. The summed E-state index contributed by atoms with van der Waals surface area (Å²) in [7, 11) is 0. The fraction of sp³-hybridized carbons (Fsp3) is 0.227. The summed E-state index contributed by atoms with van der Waals surface area (Å²) >= 11 is 1.39. The highest BCUT2D eigenvalue weighted by Crippen LogP contribution is 2.24. The van der Waals surface area contributed by atoms with E-state index in [0.29, 0.717) is 5.69 Å².